The van der Waals surface area contributed by atoms with E-state index >= 15 is 0 Å². The predicted octanol–water partition coefficient (Wildman–Crippen LogP) is 23.9. The summed E-state index contributed by atoms with van der Waals surface area (Å²) in [4.78, 5) is 5.34. The van der Waals surface area contributed by atoms with Gasteiger partial charge in [-0.25, -0.2) is 0 Å². The molecule has 2 aromatic heterocycles. The van der Waals surface area contributed by atoms with Gasteiger partial charge in [0.05, 0.1) is 28.1 Å². The number of anilines is 6. The molecule has 2 aliphatic rings. The Labute approximate surface area is 570 Å². The molecule has 2 aliphatic heterocycles. The third-order valence-electron chi connectivity index (χ3n) is 20.9. The Morgan fingerprint density at radius 3 is 1.40 bits per heavy atom. The molecule has 0 unspecified atom stereocenters. The molecule has 0 bridgehead atoms. The Kier molecular flexibility index (Phi) is 12.8. The first kappa shape index (κ1) is 57.2. The maximum atomic E-state index is 2.68. The van der Waals surface area contributed by atoms with Crippen LogP contribution in [-0.2, 0) is 10.8 Å². The van der Waals surface area contributed by atoms with Crippen molar-refractivity contribution < 1.29 is 0 Å². The van der Waals surface area contributed by atoms with E-state index in [1.54, 1.807) is 0 Å². The normalized spacial score (nSPS) is 13.0. The maximum Gasteiger partial charge on any atom is 0.264 e. The Morgan fingerprint density at radius 1 is 0.309 bits per heavy atom. The third-order valence-corrected chi connectivity index (χ3v) is 22.2. The first-order valence-electron chi connectivity index (χ1n) is 34.1. The highest BCUT2D eigenvalue weighted by Gasteiger charge is 2.46. The molecule has 0 amide bonds. The van der Waals surface area contributed by atoms with Crippen LogP contribution in [0.4, 0.5) is 34.1 Å². The molecule has 5 heteroatoms. The summed E-state index contributed by atoms with van der Waals surface area (Å²) >= 11 is 1.96. The van der Waals surface area contributed by atoms with E-state index in [-0.39, 0.29) is 17.5 Å². The standard InChI is InChI=1S/C92H68BN3S/c1-91(2,3)70-39-42-72(43-40-70)95-83-55-73(94-79-31-18-16-29-74(79)75-30-17-19-32-80(75)94)56-84-88(83)93(90-89(95)77-52-62(38-46-85(77)97-90)57-21-10-7-11-22-57)78-53-63(68-50-66(58-23-12-8-13-24-58)49-67(51-68)59-25-14-9-15-26-59)37-44-82(78)96(84)81-45-41-71(92(4,5)6)54-76(81)69-47-64-35-33-60-27-20-28-61-34-36-65(48-69)87(64)86(60)61/h7-56H,1-6H3. The van der Waals surface area contributed by atoms with Crippen LogP contribution in [0.3, 0.4) is 0 Å². The molecule has 0 atom stereocenters. The fourth-order valence-corrected chi connectivity index (χ4v) is 17.5. The molecule has 0 saturated carbocycles. The van der Waals surface area contributed by atoms with Crippen molar-refractivity contribution in [3.63, 3.8) is 0 Å². The number of nitrogens with zero attached hydrogens (tertiary/aromatic N) is 3. The minimum Gasteiger partial charge on any atom is -0.311 e. The molecule has 0 aliphatic carbocycles. The smallest absolute Gasteiger partial charge is 0.264 e. The van der Waals surface area contributed by atoms with Crippen molar-refractivity contribution in [1.29, 1.82) is 0 Å². The minimum atomic E-state index is -0.179. The van der Waals surface area contributed by atoms with Crippen LogP contribution in [0.2, 0.25) is 0 Å². The van der Waals surface area contributed by atoms with E-state index in [4.69, 9.17) is 0 Å². The van der Waals surface area contributed by atoms with Crippen LogP contribution < -0.4 is 25.5 Å². The number of para-hydroxylation sites is 2. The molecule has 0 fully saturated rings. The fraction of sp³-hybridized carbons (Fsp3) is 0.0870. The topological polar surface area (TPSA) is 11.4 Å². The van der Waals surface area contributed by atoms with Gasteiger partial charge >= 0.3 is 0 Å². The lowest BCUT2D eigenvalue weighted by Gasteiger charge is -2.44. The van der Waals surface area contributed by atoms with Crippen LogP contribution in [0.25, 0.3) is 126 Å². The van der Waals surface area contributed by atoms with Crippen LogP contribution in [0.5, 0.6) is 0 Å². The molecule has 97 heavy (non-hydrogen) atoms. The lowest BCUT2D eigenvalue weighted by Crippen LogP contribution is -2.60. The summed E-state index contributed by atoms with van der Waals surface area (Å²) in [5.74, 6) is 0. The van der Waals surface area contributed by atoms with E-state index in [1.165, 1.54) is 152 Å². The average Bonchev–Trinajstić information content (AvgIpc) is 1.68. The van der Waals surface area contributed by atoms with Gasteiger partial charge < -0.3 is 14.4 Å². The summed E-state index contributed by atoms with van der Waals surface area (Å²) in [5.41, 5.74) is 27.2. The molecule has 3 nitrogen and oxygen atoms in total. The highest BCUT2D eigenvalue weighted by atomic mass is 32.1. The molecule has 17 aromatic rings. The summed E-state index contributed by atoms with van der Waals surface area (Å²) in [6, 6.07) is 116. The zero-order valence-electron chi connectivity index (χ0n) is 55.2. The molecule has 0 N–H and O–H groups in total. The zero-order valence-corrected chi connectivity index (χ0v) is 56.0. The predicted molar refractivity (Wildman–Crippen MR) is 418 cm³/mol. The van der Waals surface area contributed by atoms with Gasteiger partial charge in [-0.3, -0.25) is 0 Å². The van der Waals surface area contributed by atoms with Crippen molar-refractivity contribution in [3.05, 3.63) is 314 Å². The first-order valence-corrected chi connectivity index (χ1v) is 34.9. The fourth-order valence-electron chi connectivity index (χ4n) is 16.2. The van der Waals surface area contributed by atoms with Gasteiger partial charge in [-0.15, -0.1) is 11.3 Å². The van der Waals surface area contributed by atoms with Crippen molar-refractivity contribution in [2.45, 2.75) is 52.4 Å². The minimum absolute atomic E-state index is 0.0492. The van der Waals surface area contributed by atoms with E-state index in [2.05, 4.69) is 359 Å². The number of aromatic nitrogens is 1. The van der Waals surface area contributed by atoms with Crippen molar-refractivity contribution >= 4 is 132 Å². The lowest BCUT2D eigenvalue weighted by atomic mass is 9.36. The van der Waals surface area contributed by atoms with Gasteiger partial charge in [0.2, 0.25) is 0 Å². The van der Waals surface area contributed by atoms with Crippen LogP contribution in [-0.4, -0.2) is 11.3 Å². The number of hydrogen-bond donors (Lipinski definition) is 0. The Bertz CT molecular complexity index is 5850. The van der Waals surface area contributed by atoms with Crippen molar-refractivity contribution in [1.82, 2.24) is 4.57 Å². The monoisotopic (exact) mass is 1260 g/mol. The summed E-state index contributed by atoms with van der Waals surface area (Å²) in [6.07, 6.45) is 0. The highest BCUT2D eigenvalue weighted by Crippen LogP contribution is 2.53. The lowest BCUT2D eigenvalue weighted by molar-refractivity contribution is 0.590. The van der Waals surface area contributed by atoms with Crippen LogP contribution in [0.15, 0.2) is 303 Å². The van der Waals surface area contributed by atoms with Gasteiger partial charge in [0, 0.05) is 53.9 Å². The average molecular weight is 1260 g/mol. The van der Waals surface area contributed by atoms with Crippen molar-refractivity contribution in [3.8, 4) is 61.3 Å². The van der Waals surface area contributed by atoms with Gasteiger partial charge in [-0.1, -0.05) is 248 Å². The summed E-state index contributed by atoms with van der Waals surface area (Å²) in [5, 5.41) is 11.4. The number of rotatable bonds is 8. The SMILES string of the molecule is CC(C)(C)c1ccc(N2c3cc(-n4c5ccccc5c5ccccc54)cc4c3B(c3cc(-c5cc(-c6ccccc6)cc(-c6ccccc6)c5)ccc3N4c3ccc(C(C)(C)C)cc3-c3cc4ccc5cccc6ccc(c3)c4c56)c3sc4ccc(-c5ccccc5)cc4c32)cc1. The number of hydrogen-bond acceptors (Lipinski definition) is 3. The van der Waals surface area contributed by atoms with E-state index in [0.29, 0.717) is 0 Å². The van der Waals surface area contributed by atoms with Crippen LogP contribution in [0.1, 0.15) is 52.7 Å². The molecule has 19 rings (SSSR count). The molecule has 0 spiro atoms. The molecule has 0 saturated heterocycles. The van der Waals surface area contributed by atoms with Crippen molar-refractivity contribution in [2.75, 3.05) is 9.80 Å². The van der Waals surface area contributed by atoms with Crippen molar-refractivity contribution in [2.24, 2.45) is 0 Å². The maximum absolute atomic E-state index is 2.68. The quantitative estimate of drug-likeness (QED) is 0.111. The molecule has 0 radical (unpaired) electrons. The molecular weight excluding hydrogens is 1190 g/mol. The van der Waals surface area contributed by atoms with E-state index in [9.17, 15) is 0 Å². The zero-order chi connectivity index (χ0) is 65.0. The molecule has 15 aromatic carbocycles. The van der Waals surface area contributed by atoms with Crippen LogP contribution >= 0.6 is 11.3 Å². The van der Waals surface area contributed by atoms with Gasteiger partial charge in [-0.05, 0) is 212 Å². The number of fused-ring (bicyclic) bond motifs is 9. The number of benzene rings is 15. The second-order valence-corrected chi connectivity index (χ2v) is 29.9. The summed E-state index contributed by atoms with van der Waals surface area (Å²) < 4.78 is 5.13. The summed E-state index contributed by atoms with van der Waals surface area (Å²) in [7, 11) is 0. The third kappa shape index (κ3) is 9.16. The van der Waals surface area contributed by atoms with E-state index < -0.39 is 0 Å². The second kappa shape index (κ2) is 21.6. The molecular formula is C92H68BN3S. The van der Waals surface area contributed by atoms with Gasteiger partial charge in [-0.2, -0.15) is 0 Å². The Balaban J connectivity index is 0.956. The molecule has 460 valence electrons. The molecule has 4 heterocycles. The second-order valence-electron chi connectivity index (χ2n) is 28.9. The van der Waals surface area contributed by atoms with E-state index in [0.717, 1.165) is 34.1 Å². The Hall–Kier alpha value is -11.2. The Morgan fingerprint density at radius 2 is 0.804 bits per heavy atom. The largest absolute Gasteiger partial charge is 0.311 e. The first-order chi connectivity index (χ1) is 47.3. The van der Waals surface area contributed by atoms with Crippen LogP contribution in [0, 0.1) is 0 Å². The number of thiophene rings is 1. The van der Waals surface area contributed by atoms with Gasteiger partial charge in [0.25, 0.3) is 6.71 Å². The van der Waals surface area contributed by atoms with Gasteiger partial charge in [0.1, 0.15) is 0 Å². The van der Waals surface area contributed by atoms with E-state index in [1.807, 2.05) is 11.3 Å². The van der Waals surface area contributed by atoms with Gasteiger partial charge in [0.15, 0.2) is 0 Å². The summed E-state index contributed by atoms with van der Waals surface area (Å²) in [6.45, 7) is 13.8. The highest BCUT2D eigenvalue weighted by molar-refractivity contribution is 7.33.